The minimum Gasteiger partial charge on any atom is -0.387 e. The largest absolute Gasteiger partial charge is 0.387 e. The average Bonchev–Trinajstić information content (AvgIpc) is 3.12. The van der Waals surface area contributed by atoms with Crippen LogP contribution in [0.5, 0.6) is 0 Å². The van der Waals surface area contributed by atoms with Crippen LogP contribution in [0.4, 0.5) is 0 Å². The number of unbranched alkanes of at least 4 members (excludes halogenated alkanes) is 26. The van der Waals surface area contributed by atoms with Crippen LogP contribution in [-0.2, 0) is 14.9 Å². The summed E-state index contributed by atoms with van der Waals surface area (Å²) in [5.41, 5.74) is 0. The molecule has 0 radical (unpaired) electrons. The van der Waals surface area contributed by atoms with Gasteiger partial charge in [0.15, 0.2) is 0 Å². The van der Waals surface area contributed by atoms with E-state index in [-0.39, 0.29) is 12.3 Å². The van der Waals surface area contributed by atoms with Crippen molar-refractivity contribution in [1.29, 1.82) is 0 Å². The molecule has 0 aliphatic heterocycles. The van der Waals surface area contributed by atoms with Crippen LogP contribution in [0.1, 0.15) is 219 Å². The number of carbonyl (C=O) groups excluding carboxylic acids is 1. The van der Waals surface area contributed by atoms with Gasteiger partial charge in [0.2, 0.25) is 5.91 Å². The summed E-state index contributed by atoms with van der Waals surface area (Å²) < 4.78 is 32.5. The van der Waals surface area contributed by atoms with Crippen LogP contribution in [0.3, 0.4) is 0 Å². The molecule has 0 aliphatic rings. The second kappa shape index (κ2) is 40.0. The van der Waals surface area contributed by atoms with Crippen LogP contribution in [-0.4, -0.2) is 41.9 Å². The maximum absolute atomic E-state index is 12.5. The second-order valence-corrected chi connectivity index (χ2v) is 16.8. The van der Waals surface area contributed by atoms with E-state index >= 15 is 0 Å². The SMILES string of the molecule is CCCCC/C=C\C/C=C\CCCCCCCCCC(=O)NC(CS(=O)(=O)O)C(O)/C=C/CC/C=C/CCCCCCCCCCCCCCCCC. The summed E-state index contributed by atoms with van der Waals surface area (Å²) >= 11 is 0. The molecule has 0 saturated heterocycles. The van der Waals surface area contributed by atoms with Crippen LogP contribution < -0.4 is 5.32 Å². The molecule has 3 N–H and O–H groups in total. The van der Waals surface area contributed by atoms with Gasteiger partial charge in [-0.1, -0.05) is 197 Å². The standard InChI is InChI=1S/C46H85NO5S/c1-3-5-7-9-11-13-15-17-19-21-22-23-24-26-27-29-31-33-35-37-39-41-45(48)44(43-53(50,51)52)47-46(49)42-40-38-36-34-32-30-28-25-20-18-16-14-12-10-8-6-4-2/h12,14,18,20,31,33,39,41,44-45,48H,3-11,13,15-17,19,21-30,32,34-38,40,42-43H2,1-2H3,(H,47,49)(H,50,51,52)/b14-12-,20-18-,33-31+,41-39+. The Kier molecular flexibility index (Phi) is 38.7. The molecule has 0 heterocycles. The average molecular weight is 764 g/mol. The molecule has 7 heteroatoms. The summed E-state index contributed by atoms with van der Waals surface area (Å²) in [5.74, 6) is -1.01. The summed E-state index contributed by atoms with van der Waals surface area (Å²) in [7, 11) is -4.36. The smallest absolute Gasteiger partial charge is 0.267 e. The Labute approximate surface area is 329 Å². The van der Waals surface area contributed by atoms with Crippen LogP contribution >= 0.6 is 0 Å². The van der Waals surface area contributed by atoms with E-state index in [1.165, 1.54) is 147 Å². The minimum absolute atomic E-state index is 0.278. The Balaban J connectivity index is 3.93. The topological polar surface area (TPSA) is 104 Å². The van der Waals surface area contributed by atoms with Gasteiger partial charge in [-0.3, -0.25) is 9.35 Å². The first-order valence-electron chi connectivity index (χ1n) is 22.3. The van der Waals surface area contributed by atoms with Crippen molar-refractivity contribution in [1.82, 2.24) is 5.32 Å². The van der Waals surface area contributed by atoms with Gasteiger partial charge in [-0.15, -0.1) is 0 Å². The molecule has 0 aromatic heterocycles. The van der Waals surface area contributed by atoms with Crippen molar-refractivity contribution >= 4 is 16.0 Å². The fourth-order valence-electron chi connectivity index (χ4n) is 6.61. The zero-order valence-corrected chi connectivity index (χ0v) is 35.5. The van der Waals surface area contributed by atoms with Gasteiger partial charge >= 0.3 is 0 Å². The molecule has 0 spiro atoms. The molecule has 0 aromatic rings. The number of amides is 1. The van der Waals surface area contributed by atoms with E-state index < -0.39 is 28.0 Å². The van der Waals surface area contributed by atoms with Gasteiger partial charge < -0.3 is 10.4 Å². The molecule has 0 aromatic carbocycles. The molecule has 0 bridgehead atoms. The third-order valence-corrected chi connectivity index (χ3v) is 10.8. The molecular weight excluding hydrogens is 679 g/mol. The quantitative estimate of drug-likeness (QED) is 0.0327. The molecule has 53 heavy (non-hydrogen) atoms. The fourth-order valence-corrected chi connectivity index (χ4v) is 7.35. The lowest BCUT2D eigenvalue weighted by Crippen LogP contribution is -2.46. The van der Waals surface area contributed by atoms with E-state index in [2.05, 4.69) is 55.6 Å². The van der Waals surface area contributed by atoms with Gasteiger partial charge in [-0.2, -0.15) is 8.42 Å². The van der Waals surface area contributed by atoms with E-state index in [0.29, 0.717) is 6.42 Å². The molecule has 0 aliphatic carbocycles. The number of aliphatic hydroxyl groups is 1. The number of hydrogen-bond acceptors (Lipinski definition) is 4. The molecular formula is C46H85NO5S. The lowest BCUT2D eigenvalue weighted by molar-refractivity contribution is -0.122. The molecule has 310 valence electrons. The van der Waals surface area contributed by atoms with Gasteiger partial charge in [0.1, 0.15) is 0 Å². The third kappa shape index (κ3) is 41.3. The lowest BCUT2D eigenvalue weighted by Gasteiger charge is -2.21. The van der Waals surface area contributed by atoms with Crippen molar-refractivity contribution in [2.24, 2.45) is 0 Å². The molecule has 2 atom stereocenters. The number of nitrogens with one attached hydrogen (secondary N) is 1. The van der Waals surface area contributed by atoms with Gasteiger partial charge in [-0.25, -0.2) is 0 Å². The van der Waals surface area contributed by atoms with Gasteiger partial charge in [-0.05, 0) is 64.2 Å². The number of rotatable bonds is 40. The summed E-state index contributed by atoms with van der Waals surface area (Å²) in [6, 6.07) is -1.08. The summed E-state index contributed by atoms with van der Waals surface area (Å²) in [6.07, 6.45) is 53.9. The van der Waals surface area contributed by atoms with Crippen molar-refractivity contribution in [2.45, 2.75) is 231 Å². The van der Waals surface area contributed by atoms with Crippen molar-refractivity contribution in [2.75, 3.05) is 5.75 Å². The summed E-state index contributed by atoms with van der Waals surface area (Å²) in [6.45, 7) is 4.51. The highest BCUT2D eigenvalue weighted by Crippen LogP contribution is 2.15. The monoisotopic (exact) mass is 764 g/mol. The van der Waals surface area contributed by atoms with Gasteiger partial charge in [0.05, 0.1) is 17.9 Å². The highest BCUT2D eigenvalue weighted by atomic mass is 32.2. The molecule has 1 amide bonds. The number of allylic oxidation sites excluding steroid dienone is 7. The van der Waals surface area contributed by atoms with Crippen molar-refractivity contribution in [3.05, 3.63) is 48.6 Å². The Bertz CT molecular complexity index is 1020. The molecule has 6 nitrogen and oxygen atoms in total. The summed E-state index contributed by atoms with van der Waals surface area (Å²) in [5, 5.41) is 13.2. The Hall–Kier alpha value is -1.70. The fraction of sp³-hybridized carbons (Fsp3) is 0.804. The van der Waals surface area contributed by atoms with Crippen LogP contribution in [0.25, 0.3) is 0 Å². The van der Waals surface area contributed by atoms with E-state index in [4.69, 9.17) is 0 Å². The Morgan fingerprint density at radius 2 is 0.868 bits per heavy atom. The molecule has 0 fully saturated rings. The van der Waals surface area contributed by atoms with E-state index in [9.17, 15) is 22.9 Å². The first-order valence-corrected chi connectivity index (χ1v) is 23.9. The number of carbonyl (C=O) groups is 1. The number of hydrogen-bond donors (Lipinski definition) is 3. The predicted octanol–water partition coefficient (Wildman–Crippen LogP) is 13.5. The van der Waals surface area contributed by atoms with Crippen LogP contribution in [0, 0.1) is 0 Å². The summed E-state index contributed by atoms with van der Waals surface area (Å²) in [4.78, 5) is 12.5. The highest BCUT2D eigenvalue weighted by Gasteiger charge is 2.24. The lowest BCUT2D eigenvalue weighted by atomic mass is 10.0. The molecule has 0 rings (SSSR count). The molecule has 0 saturated carbocycles. The van der Waals surface area contributed by atoms with Crippen molar-refractivity contribution < 1.29 is 22.9 Å². The second-order valence-electron chi connectivity index (χ2n) is 15.3. The van der Waals surface area contributed by atoms with Crippen LogP contribution in [0.15, 0.2) is 48.6 Å². The maximum atomic E-state index is 12.5. The van der Waals surface area contributed by atoms with Crippen molar-refractivity contribution in [3.63, 3.8) is 0 Å². The highest BCUT2D eigenvalue weighted by molar-refractivity contribution is 7.85. The van der Waals surface area contributed by atoms with E-state index in [0.717, 1.165) is 51.4 Å². The van der Waals surface area contributed by atoms with Crippen LogP contribution in [0.2, 0.25) is 0 Å². The normalized spacial score (nSPS) is 13.7. The van der Waals surface area contributed by atoms with Gasteiger partial charge in [0.25, 0.3) is 10.1 Å². The zero-order valence-electron chi connectivity index (χ0n) is 34.6. The van der Waals surface area contributed by atoms with Crippen molar-refractivity contribution in [3.8, 4) is 0 Å². The first kappa shape index (κ1) is 51.3. The minimum atomic E-state index is -4.36. The van der Waals surface area contributed by atoms with E-state index in [1.54, 1.807) is 0 Å². The first-order chi connectivity index (χ1) is 25.8. The molecule has 2 unspecified atom stereocenters. The third-order valence-electron chi connectivity index (χ3n) is 9.98. The predicted molar refractivity (Wildman–Crippen MR) is 230 cm³/mol. The Morgan fingerprint density at radius 1 is 0.509 bits per heavy atom. The Morgan fingerprint density at radius 3 is 1.34 bits per heavy atom. The maximum Gasteiger partial charge on any atom is 0.267 e. The van der Waals surface area contributed by atoms with Gasteiger partial charge in [0, 0.05) is 6.42 Å². The van der Waals surface area contributed by atoms with E-state index in [1.807, 2.05) is 6.08 Å². The zero-order chi connectivity index (χ0) is 38.9. The number of aliphatic hydroxyl groups excluding tert-OH is 1.